The van der Waals surface area contributed by atoms with Gasteiger partial charge in [0.2, 0.25) is 11.9 Å². The van der Waals surface area contributed by atoms with E-state index in [0.717, 1.165) is 62.7 Å². The summed E-state index contributed by atoms with van der Waals surface area (Å²) in [5, 5.41) is 3.17. The zero-order valence-electron chi connectivity index (χ0n) is 20.8. The van der Waals surface area contributed by atoms with Gasteiger partial charge in [0.15, 0.2) is 0 Å². The van der Waals surface area contributed by atoms with Crippen molar-refractivity contribution in [3.05, 3.63) is 59.2 Å². The van der Waals surface area contributed by atoms with Gasteiger partial charge in [-0.3, -0.25) is 4.79 Å². The van der Waals surface area contributed by atoms with Gasteiger partial charge in [-0.15, -0.1) is 0 Å². The van der Waals surface area contributed by atoms with Crippen LogP contribution in [0.1, 0.15) is 49.3 Å². The summed E-state index contributed by atoms with van der Waals surface area (Å²) in [6.45, 7) is 9.86. The quantitative estimate of drug-likeness (QED) is 0.387. The maximum atomic E-state index is 12.7. The molecular weight excluding hydrogens is 440 g/mol. The topological polar surface area (TPSA) is 50.2 Å². The molecule has 182 valence electrons. The fourth-order valence-electron chi connectivity index (χ4n) is 4.72. The third-order valence-corrected chi connectivity index (χ3v) is 8.00. The molecule has 1 aliphatic rings. The minimum Gasteiger partial charge on any atom is -0.356 e. The van der Waals surface area contributed by atoms with E-state index in [0.29, 0.717) is 0 Å². The first-order chi connectivity index (χ1) is 16.6. The van der Waals surface area contributed by atoms with Gasteiger partial charge in [-0.05, 0) is 74.3 Å². The number of thioether (sulfide) groups is 1. The van der Waals surface area contributed by atoms with Gasteiger partial charge in [-0.25, -0.2) is 4.98 Å². The summed E-state index contributed by atoms with van der Waals surface area (Å²) in [6, 6.07) is 15.1. The molecule has 0 aliphatic carbocycles. The van der Waals surface area contributed by atoms with Gasteiger partial charge in [-0.2, -0.15) is 11.8 Å². The molecule has 1 saturated heterocycles. The number of imidazole rings is 1. The van der Waals surface area contributed by atoms with Crippen molar-refractivity contribution < 1.29 is 4.79 Å². The second-order valence-corrected chi connectivity index (χ2v) is 10.7. The SMILES string of the molecule is CCCSCCCNC(=O)C1CCN(c2nc3ccccc3n2Cc2cc(C)ccc2C)CC1. The summed E-state index contributed by atoms with van der Waals surface area (Å²) < 4.78 is 2.35. The summed E-state index contributed by atoms with van der Waals surface area (Å²) in [4.78, 5) is 20.1. The fourth-order valence-corrected chi connectivity index (χ4v) is 5.56. The van der Waals surface area contributed by atoms with Crippen LogP contribution in [0.4, 0.5) is 5.95 Å². The minimum atomic E-state index is 0.108. The highest BCUT2D eigenvalue weighted by Crippen LogP contribution is 2.28. The van der Waals surface area contributed by atoms with Gasteiger partial charge in [-0.1, -0.05) is 42.8 Å². The van der Waals surface area contributed by atoms with E-state index in [-0.39, 0.29) is 11.8 Å². The molecule has 5 nitrogen and oxygen atoms in total. The molecular formula is C28H38N4OS. The van der Waals surface area contributed by atoms with Gasteiger partial charge in [0.05, 0.1) is 17.6 Å². The maximum Gasteiger partial charge on any atom is 0.223 e. The zero-order valence-corrected chi connectivity index (χ0v) is 21.7. The van der Waals surface area contributed by atoms with E-state index in [1.54, 1.807) is 0 Å². The van der Waals surface area contributed by atoms with Crippen molar-refractivity contribution in [1.29, 1.82) is 0 Å². The molecule has 0 spiro atoms. The lowest BCUT2D eigenvalue weighted by Gasteiger charge is -2.32. The number of nitrogens with one attached hydrogen (secondary N) is 1. The van der Waals surface area contributed by atoms with Crippen LogP contribution in [0.25, 0.3) is 11.0 Å². The molecule has 3 aromatic rings. The molecule has 1 aliphatic heterocycles. The highest BCUT2D eigenvalue weighted by molar-refractivity contribution is 7.99. The van der Waals surface area contributed by atoms with Crippen LogP contribution < -0.4 is 10.2 Å². The number of hydrogen-bond acceptors (Lipinski definition) is 4. The summed E-state index contributed by atoms with van der Waals surface area (Å²) in [6.07, 6.45) is 4.03. The van der Waals surface area contributed by atoms with Crippen molar-refractivity contribution in [1.82, 2.24) is 14.9 Å². The first-order valence-corrected chi connectivity index (χ1v) is 13.8. The Morgan fingerprint density at radius 1 is 1.12 bits per heavy atom. The Morgan fingerprint density at radius 2 is 1.91 bits per heavy atom. The van der Waals surface area contributed by atoms with E-state index in [9.17, 15) is 4.79 Å². The molecule has 0 saturated carbocycles. The fraction of sp³-hybridized carbons (Fsp3) is 0.500. The second-order valence-electron chi connectivity index (χ2n) is 9.43. The number of nitrogens with zero attached hydrogens (tertiary/aromatic N) is 3. The minimum absolute atomic E-state index is 0.108. The Labute approximate surface area is 208 Å². The van der Waals surface area contributed by atoms with Gasteiger partial charge >= 0.3 is 0 Å². The molecule has 1 fully saturated rings. The Morgan fingerprint density at radius 3 is 2.71 bits per heavy atom. The average molecular weight is 479 g/mol. The number of carbonyl (C=O) groups excluding carboxylic acids is 1. The number of hydrogen-bond donors (Lipinski definition) is 1. The number of fused-ring (bicyclic) bond motifs is 1. The average Bonchev–Trinajstić information content (AvgIpc) is 3.22. The first-order valence-electron chi connectivity index (χ1n) is 12.7. The molecule has 1 aromatic heterocycles. The largest absolute Gasteiger partial charge is 0.356 e. The van der Waals surface area contributed by atoms with Crippen LogP contribution in [0, 0.1) is 19.8 Å². The van der Waals surface area contributed by atoms with Crippen molar-refractivity contribution in [3.63, 3.8) is 0 Å². The molecule has 0 atom stereocenters. The van der Waals surface area contributed by atoms with Gasteiger partial charge in [0.25, 0.3) is 0 Å². The number of piperidine rings is 1. The molecule has 4 rings (SSSR count). The molecule has 2 heterocycles. The molecule has 34 heavy (non-hydrogen) atoms. The maximum absolute atomic E-state index is 12.7. The highest BCUT2D eigenvalue weighted by atomic mass is 32.2. The van der Waals surface area contributed by atoms with Gasteiger partial charge < -0.3 is 14.8 Å². The summed E-state index contributed by atoms with van der Waals surface area (Å²) >= 11 is 1.98. The van der Waals surface area contributed by atoms with Crippen LogP contribution in [0.15, 0.2) is 42.5 Å². The van der Waals surface area contributed by atoms with E-state index in [1.165, 1.54) is 34.4 Å². The van der Waals surface area contributed by atoms with Crippen LogP contribution in [-0.2, 0) is 11.3 Å². The van der Waals surface area contributed by atoms with Crippen molar-refractivity contribution in [2.75, 3.05) is 36.0 Å². The van der Waals surface area contributed by atoms with Crippen LogP contribution >= 0.6 is 11.8 Å². The standard InChI is InChI=1S/C28H38N4OS/c1-4-17-34-18-7-14-29-27(33)23-12-15-31(16-13-23)28-30-25-8-5-6-9-26(25)32(28)20-24-19-21(2)10-11-22(24)3/h5-6,8-11,19,23H,4,7,12-18,20H2,1-3H3,(H,29,33). The normalized spacial score (nSPS) is 14.6. The number of amides is 1. The predicted octanol–water partition coefficient (Wildman–Crippen LogP) is 5.57. The summed E-state index contributed by atoms with van der Waals surface area (Å²) in [7, 11) is 0. The van der Waals surface area contributed by atoms with Crippen molar-refractivity contribution in [2.24, 2.45) is 5.92 Å². The third-order valence-electron chi connectivity index (χ3n) is 6.73. The molecule has 1 amide bonds. The Hall–Kier alpha value is -2.47. The van der Waals surface area contributed by atoms with Crippen molar-refractivity contribution in [3.8, 4) is 0 Å². The number of benzene rings is 2. The second kappa shape index (κ2) is 11.8. The zero-order chi connectivity index (χ0) is 23.9. The summed E-state index contributed by atoms with van der Waals surface area (Å²) in [5.74, 6) is 3.69. The number of aromatic nitrogens is 2. The van der Waals surface area contributed by atoms with Crippen LogP contribution in [-0.4, -0.2) is 46.6 Å². The summed E-state index contributed by atoms with van der Waals surface area (Å²) in [5.41, 5.74) is 6.11. The van der Waals surface area contributed by atoms with Gasteiger partial charge in [0.1, 0.15) is 0 Å². The number of para-hydroxylation sites is 2. The predicted molar refractivity (Wildman–Crippen MR) is 145 cm³/mol. The Bertz CT molecular complexity index is 1100. The van der Waals surface area contributed by atoms with E-state index in [4.69, 9.17) is 4.98 Å². The van der Waals surface area contributed by atoms with E-state index in [2.05, 4.69) is 78.0 Å². The Balaban J connectivity index is 1.42. The molecule has 1 N–H and O–H groups in total. The highest BCUT2D eigenvalue weighted by Gasteiger charge is 2.27. The lowest BCUT2D eigenvalue weighted by molar-refractivity contribution is -0.125. The van der Waals surface area contributed by atoms with Crippen molar-refractivity contribution in [2.45, 2.75) is 53.0 Å². The lowest BCUT2D eigenvalue weighted by atomic mass is 9.96. The smallest absolute Gasteiger partial charge is 0.223 e. The molecule has 0 bridgehead atoms. The number of anilines is 1. The van der Waals surface area contributed by atoms with Crippen molar-refractivity contribution >= 4 is 34.7 Å². The van der Waals surface area contributed by atoms with Crippen LogP contribution in [0.5, 0.6) is 0 Å². The van der Waals surface area contributed by atoms with E-state index in [1.807, 2.05) is 11.8 Å². The molecule has 2 aromatic carbocycles. The lowest BCUT2D eigenvalue weighted by Crippen LogP contribution is -2.41. The first kappa shape index (κ1) is 24.6. The molecule has 6 heteroatoms. The number of aryl methyl sites for hydroxylation is 2. The third kappa shape index (κ3) is 5.96. The molecule has 0 unspecified atom stereocenters. The van der Waals surface area contributed by atoms with Crippen LogP contribution in [0.3, 0.4) is 0 Å². The van der Waals surface area contributed by atoms with E-state index >= 15 is 0 Å². The molecule has 0 radical (unpaired) electrons. The van der Waals surface area contributed by atoms with Crippen LogP contribution in [0.2, 0.25) is 0 Å². The van der Waals surface area contributed by atoms with E-state index < -0.39 is 0 Å². The monoisotopic (exact) mass is 478 g/mol. The van der Waals surface area contributed by atoms with Gasteiger partial charge in [0, 0.05) is 25.6 Å². The number of carbonyl (C=O) groups is 1. The Kier molecular flexibility index (Phi) is 8.54. The number of rotatable bonds is 10.